The highest BCUT2D eigenvalue weighted by Gasteiger charge is 2.31. The Hall–Kier alpha value is -0.500. The SMILES string of the molecule is Cl.NC[C@H](N)c1cc(Br)cc(OC(F)(F)F)c1. The van der Waals surface area contributed by atoms with Crippen LogP contribution in [0.1, 0.15) is 11.6 Å². The summed E-state index contributed by atoms with van der Waals surface area (Å²) < 4.78 is 40.2. The third-order valence-corrected chi connectivity index (χ3v) is 2.27. The lowest BCUT2D eigenvalue weighted by Crippen LogP contribution is -2.21. The Morgan fingerprint density at radius 1 is 1.29 bits per heavy atom. The molecule has 1 aromatic rings. The highest BCUT2D eigenvalue weighted by Crippen LogP contribution is 2.28. The summed E-state index contributed by atoms with van der Waals surface area (Å²) in [6, 6.07) is 3.50. The van der Waals surface area contributed by atoms with E-state index in [9.17, 15) is 13.2 Å². The number of benzene rings is 1. The fourth-order valence-corrected chi connectivity index (χ4v) is 1.62. The molecule has 0 amide bonds. The molecule has 0 fully saturated rings. The van der Waals surface area contributed by atoms with Crippen molar-refractivity contribution in [2.24, 2.45) is 11.5 Å². The molecule has 0 spiro atoms. The Labute approximate surface area is 111 Å². The molecule has 0 aliphatic rings. The van der Waals surface area contributed by atoms with Crippen LogP contribution >= 0.6 is 28.3 Å². The number of halogens is 5. The predicted octanol–water partition coefficient (Wildman–Crippen LogP) is 2.73. The second-order valence-corrected chi connectivity index (χ2v) is 4.03. The maximum Gasteiger partial charge on any atom is 0.573 e. The molecular weight excluding hydrogens is 324 g/mol. The summed E-state index contributed by atoms with van der Waals surface area (Å²) in [5.74, 6) is -0.319. The zero-order valence-electron chi connectivity index (χ0n) is 8.50. The second-order valence-electron chi connectivity index (χ2n) is 3.11. The minimum Gasteiger partial charge on any atom is -0.406 e. The quantitative estimate of drug-likeness (QED) is 0.893. The first-order valence-electron chi connectivity index (χ1n) is 4.33. The van der Waals surface area contributed by atoms with E-state index in [4.69, 9.17) is 11.5 Å². The van der Waals surface area contributed by atoms with Gasteiger partial charge in [-0.25, -0.2) is 0 Å². The van der Waals surface area contributed by atoms with Gasteiger partial charge >= 0.3 is 6.36 Å². The summed E-state index contributed by atoms with van der Waals surface area (Å²) >= 11 is 3.07. The third-order valence-electron chi connectivity index (χ3n) is 1.81. The zero-order valence-corrected chi connectivity index (χ0v) is 10.9. The third kappa shape index (κ3) is 5.58. The first-order chi connectivity index (χ1) is 7.31. The maximum atomic E-state index is 12.0. The van der Waals surface area contributed by atoms with Crippen LogP contribution in [0.3, 0.4) is 0 Å². The van der Waals surface area contributed by atoms with Gasteiger partial charge in [0.05, 0.1) is 0 Å². The number of hydrogen-bond acceptors (Lipinski definition) is 3. The largest absolute Gasteiger partial charge is 0.573 e. The molecule has 0 aliphatic carbocycles. The van der Waals surface area contributed by atoms with Crippen molar-refractivity contribution < 1.29 is 17.9 Å². The van der Waals surface area contributed by atoms with E-state index in [1.807, 2.05) is 0 Å². The van der Waals surface area contributed by atoms with Crippen LogP contribution in [0.15, 0.2) is 22.7 Å². The lowest BCUT2D eigenvalue weighted by atomic mass is 10.1. The lowest BCUT2D eigenvalue weighted by Gasteiger charge is -2.13. The van der Waals surface area contributed by atoms with Gasteiger partial charge in [-0.2, -0.15) is 0 Å². The van der Waals surface area contributed by atoms with E-state index in [2.05, 4.69) is 20.7 Å². The van der Waals surface area contributed by atoms with Crippen LogP contribution in [-0.2, 0) is 0 Å². The van der Waals surface area contributed by atoms with Gasteiger partial charge < -0.3 is 16.2 Å². The molecule has 3 nitrogen and oxygen atoms in total. The standard InChI is InChI=1S/C9H10BrF3N2O.ClH/c10-6-1-5(8(15)4-14)2-7(3-6)16-9(11,12)13;/h1-3,8H,4,14-15H2;1H/t8-;/m0./s1. The van der Waals surface area contributed by atoms with Gasteiger partial charge in [0.2, 0.25) is 0 Å². The van der Waals surface area contributed by atoms with E-state index >= 15 is 0 Å². The molecule has 0 heterocycles. The van der Waals surface area contributed by atoms with E-state index in [1.165, 1.54) is 12.1 Å². The summed E-state index contributed by atoms with van der Waals surface area (Å²) in [6.45, 7) is 0.141. The minimum absolute atomic E-state index is 0. The highest BCUT2D eigenvalue weighted by atomic mass is 79.9. The van der Waals surface area contributed by atoms with Gasteiger partial charge in [-0.1, -0.05) is 15.9 Å². The van der Waals surface area contributed by atoms with Crippen LogP contribution in [0.5, 0.6) is 5.75 Å². The maximum absolute atomic E-state index is 12.0. The Morgan fingerprint density at radius 3 is 2.35 bits per heavy atom. The van der Waals surface area contributed by atoms with Crippen molar-refractivity contribution in [1.82, 2.24) is 0 Å². The fraction of sp³-hybridized carbons (Fsp3) is 0.333. The van der Waals surface area contributed by atoms with Crippen molar-refractivity contribution in [3.8, 4) is 5.75 Å². The molecule has 0 bridgehead atoms. The smallest absolute Gasteiger partial charge is 0.406 e. The van der Waals surface area contributed by atoms with Crippen LogP contribution in [0.4, 0.5) is 13.2 Å². The van der Waals surface area contributed by atoms with E-state index in [-0.39, 0.29) is 24.7 Å². The molecule has 0 saturated heterocycles. The van der Waals surface area contributed by atoms with Gasteiger partial charge in [-0.3, -0.25) is 0 Å². The van der Waals surface area contributed by atoms with Crippen molar-refractivity contribution in [2.45, 2.75) is 12.4 Å². The number of hydrogen-bond donors (Lipinski definition) is 2. The van der Waals surface area contributed by atoms with Gasteiger partial charge in [0.1, 0.15) is 5.75 Å². The monoisotopic (exact) mass is 334 g/mol. The molecule has 1 aromatic carbocycles. The first kappa shape index (κ1) is 16.5. The van der Waals surface area contributed by atoms with Gasteiger partial charge in [0.15, 0.2) is 0 Å². The van der Waals surface area contributed by atoms with E-state index < -0.39 is 12.4 Å². The van der Waals surface area contributed by atoms with Crippen molar-refractivity contribution in [3.63, 3.8) is 0 Å². The lowest BCUT2D eigenvalue weighted by molar-refractivity contribution is -0.274. The zero-order chi connectivity index (χ0) is 12.3. The summed E-state index contributed by atoms with van der Waals surface area (Å²) in [4.78, 5) is 0. The summed E-state index contributed by atoms with van der Waals surface area (Å²) in [5, 5.41) is 0. The van der Waals surface area contributed by atoms with Crippen LogP contribution < -0.4 is 16.2 Å². The van der Waals surface area contributed by atoms with E-state index in [0.717, 1.165) is 0 Å². The van der Waals surface area contributed by atoms with Gasteiger partial charge in [0.25, 0.3) is 0 Å². The first-order valence-corrected chi connectivity index (χ1v) is 5.13. The topological polar surface area (TPSA) is 61.3 Å². The highest BCUT2D eigenvalue weighted by molar-refractivity contribution is 9.10. The fourth-order valence-electron chi connectivity index (χ4n) is 1.13. The molecule has 4 N–H and O–H groups in total. The van der Waals surface area contributed by atoms with Crippen molar-refractivity contribution in [3.05, 3.63) is 28.2 Å². The van der Waals surface area contributed by atoms with Crippen LogP contribution in [0, 0.1) is 0 Å². The van der Waals surface area contributed by atoms with E-state index in [0.29, 0.717) is 10.0 Å². The molecule has 1 rings (SSSR count). The Bertz CT molecular complexity index is 376. The molecule has 1 atom stereocenters. The van der Waals surface area contributed by atoms with Gasteiger partial charge in [0, 0.05) is 17.1 Å². The Balaban J connectivity index is 0.00000256. The molecule has 8 heteroatoms. The van der Waals surface area contributed by atoms with Crippen molar-refractivity contribution in [1.29, 1.82) is 0 Å². The molecule has 0 unspecified atom stereocenters. The Morgan fingerprint density at radius 2 is 1.88 bits per heavy atom. The molecule has 98 valence electrons. The Kier molecular flexibility index (Phi) is 6.25. The van der Waals surface area contributed by atoms with Crippen LogP contribution in [0.25, 0.3) is 0 Å². The number of rotatable bonds is 3. The normalized spacial score (nSPS) is 12.8. The van der Waals surface area contributed by atoms with Crippen molar-refractivity contribution >= 4 is 28.3 Å². The summed E-state index contributed by atoms with van der Waals surface area (Å²) in [5.41, 5.74) is 11.4. The summed E-state index contributed by atoms with van der Waals surface area (Å²) in [6.07, 6.45) is -4.72. The van der Waals surface area contributed by atoms with Crippen LogP contribution in [-0.4, -0.2) is 12.9 Å². The molecule has 0 saturated carbocycles. The van der Waals surface area contributed by atoms with Gasteiger partial charge in [-0.15, -0.1) is 25.6 Å². The molecule has 0 aromatic heterocycles. The summed E-state index contributed by atoms with van der Waals surface area (Å²) in [7, 11) is 0. The van der Waals surface area contributed by atoms with Crippen LogP contribution in [0.2, 0.25) is 0 Å². The molecular formula is C9H11BrClF3N2O. The molecule has 0 radical (unpaired) electrons. The predicted molar refractivity (Wildman–Crippen MR) is 64.1 cm³/mol. The average Bonchev–Trinajstić information content (AvgIpc) is 2.12. The molecule has 0 aliphatic heterocycles. The minimum atomic E-state index is -4.72. The van der Waals surface area contributed by atoms with Crippen molar-refractivity contribution in [2.75, 3.05) is 6.54 Å². The number of alkyl halides is 3. The second kappa shape index (κ2) is 6.44. The van der Waals surface area contributed by atoms with Gasteiger partial charge in [-0.05, 0) is 23.8 Å². The number of nitrogens with two attached hydrogens (primary N) is 2. The number of ether oxygens (including phenoxy) is 1. The average molecular weight is 336 g/mol. The van der Waals surface area contributed by atoms with E-state index in [1.54, 1.807) is 6.07 Å². The molecule has 17 heavy (non-hydrogen) atoms.